The van der Waals surface area contributed by atoms with Gasteiger partial charge in [0.15, 0.2) is 0 Å². The maximum absolute atomic E-state index is 11.2. The second-order valence-electron chi connectivity index (χ2n) is 7.87. The van der Waals surface area contributed by atoms with E-state index in [0.29, 0.717) is 11.2 Å². The molecule has 1 unspecified atom stereocenters. The molecule has 0 saturated heterocycles. The Morgan fingerprint density at radius 1 is 1.10 bits per heavy atom. The van der Waals surface area contributed by atoms with E-state index in [1.54, 1.807) is 11.3 Å². The zero-order chi connectivity index (χ0) is 21.4. The van der Waals surface area contributed by atoms with Crippen LogP contribution >= 0.6 is 22.7 Å². The van der Waals surface area contributed by atoms with Crippen molar-refractivity contribution >= 4 is 43.9 Å². The number of aromatic nitrogens is 3. The molecule has 3 heterocycles. The number of benzene rings is 2. The van der Waals surface area contributed by atoms with E-state index >= 15 is 0 Å². The highest BCUT2D eigenvalue weighted by Gasteiger charge is 2.21. The molecule has 8 heteroatoms. The lowest BCUT2D eigenvalue weighted by molar-refractivity contribution is -0.114. The van der Waals surface area contributed by atoms with Crippen molar-refractivity contribution in [2.75, 3.05) is 18.4 Å². The van der Waals surface area contributed by atoms with Crippen LogP contribution in [0, 0.1) is 0 Å². The van der Waals surface area contributed by atoms with Crippen molar-refractivity contribution in [3.63, 3.8) is 0 Å². The number of carbonyl (C=O) groups excluding carboxylic acids is 1. The Kier molecular flexibility index (Phi) is 5.52. The molecular weight excluding hydrogens is 426 g/mol. The fraction of sp³-hybridized carbons (Fsp3) is 0.304. The lowest BCUT2D eigenvalue weighted by Crippen LogP contribution is -2.29. The van der Waals surface area contributed by atoms with Crippen molar-refractivity contribution < 1.29 is 4.79 Å². The largest absolute Gasteiger partial charge is 0.301 e. The Hall–Kier alpha value is -2.68. The minimum absolute atomic E-state index is 0.132. The molecule has 5 rings (SSSR count). The topological polar surface area (TPSA) is 71.0 Å². The SMILES string of the molecule is CC(=O)Nc1nnc(-c2ccc3c(c2)CCN(C(C)c2ccc4scnc4c2)CC3)s1. The molecule has 2 aromatic heterocycles. The number of thiazole rings is 1. The van der Waals surface area contributed by atoms with Crippen LogP contribution in [0.1, 0.15) is 36.6 Å². The summed E-state index contributed by atoms with van der Waals surface area (Å²) in [6, 6.07) is 13.6. The molecule has 4 aromatic rings. The van der Waals surface area contributed by atoms with E-state index in [0.717, 1.165) is 42.0 Å². The van der Waals surface area contributed by atoms with Gasteiger partial charge in [-0.15, -0.1) is 21.5 Å². The maximum Gasteiger partial charge on any atom is 0.223 e. The average Bonchev–Trinajstić information content (AvgIpc) is 3.37. The third-order valence-corrected chi connectivity index (χ3v) is 7.58. The number of nitrogens with one attached hydrogen (secondary N) is 1. The Bertz CT molecular complexity index is 1250. The molecule has 158 valence electrons. The number of rotatable bonds is 4. The van der Waals surface area contributed by atoms with Gasteiger partial charge in [0.2, 0.25) is 11.0 Å². The van der Waals surface area contributed by atoms with Crippen LogP contribution in [0.25, 0.3) is 20.8 Å². The Labute approximate surface area is 189 Å². The third-order valence-electron chi connectivity index (χ3n) is 5.88. The molecule has 0 aliphatic carbocycles. The van der Waals surface area contributed by atoms with E-state index in [4.69, 9.17) is 0 Å². The average molecular weight is 450 g/mol. The predicted molar refractivity (Wildman–Crippen MR) is 127 cm³/mol. The standard InChI is InChI=1S/C23H23N5OS2/c1-14(17-5-6-21-20(12-17)24-13-30-21)28-9-7-16-3-4-19(11-18(16)8-10-28)22-26-27-23(31-22)25-15(2)29/h3-6,11-14H,7-10H2,1-2H3,(H,25,27,29). The van der Waals surface area contributed by atoms with Crippen LogP contribution in [0.15, 0.2) is 41.9 Å². The number of anilines is 1. The number of hydrogen-bond donors (Lipinski definition) is 1. The van der Waals surface area contributed by atoms with Gasteiger partial charge < -0.3 is 5.32 Å². The van der Waals surface area contributed by atoms with E-state index in [1.165, 1.54) is 39.7 Å². The van der Waals surface area contributed by atoms with E-state index in [2.05, 4.69) is 68.7 Å². The summed E-state index contributed by atoms with van der Waals surface area (Å²) in [5.74, 6) is -0.132. The zero-order valence-electron chi connectivity index (χ0n) is 17.5. The molecule has 0 radical (unpaired) electrons. The molecule has 1 aliphatic rings. The highest BCUT2D eigenvalue weighted by Crippen LogP contribution is 2.31. The fourth-order valence-corrected chi connectivity index (χ4v) is 5.59. The summed E-state index contributed by atoms with van der Waals surface area (Å²) >= 11 is 3.09. The second-order valence-corrected chi connectivity index (χ2v) is 9.73. The number of hydrogen-bond acceptors (Lipinski definition) is 7. The van der Waals surface area contributed by atoms with Crippen molar-refractivity contribution in [3.8, 4) is 10.6 Å². The number of fused-ring (bicyclic) bond motifs is 2. The van der Waals surface area contributed by atoms with E-state index in [-0.39, 0.29) is 5.91 Å². The zero-order valence-corrected chi connectivity index (χ0v) is 19.1. The Morgan fingerprint density at radius 3 is 2.77 bits per heavy atom. The van der Waals surface area contributed by atoms with Crippen LogP contribution in [-0.4, -0.2) is 39.1 Å². The molecule has 0 saturated carbocycles. The van der Waals surface area contributed by atoms with Crippen LogP contribution in [0.2, 0.25) is 0 Å². The van der Waals surface area contributed by atoms with E-state index in [1.807, 2.05) is 5.51 Å². The first-order valence-electron chi connectivity index (χ1n) is 10.4. The fourth-order valence-electron chi connectivity index (χ4n) is 4.15. The van der Waals surface area contributed by atoms with Gasteiger partial charge in [0.1, 0.15) is 5.01 Å². The van der Waals surface area contributed by atoms with Gasteiger partial charge in [-0.25, -0.2) is 4.98 Å². The molecule has 0 fully saturated rings. The summed E-state index contributed by atoms with van der Waals surface area (Å²) in [5.41, 5.74) is 8.16. The minimum atomic E-state index is -0.132. The molecule has 31 heavy (non-hydrogen) atoms. The second kappa shape index (κ2) is 8.45. The Balaban J connectivity index is 1.33. The van der Waals surface area contributed by atoms with Gasteiger partial charge in [-0.1, -0.05) is 29.5 Å². The van der Waals surface area contributed by atoms with Crippen LogP contribution in [-0.2, 0) is 17.6 Å². The highest BCUT2D eigenvalue weighted by atomic mass is 32.1. The van der Waals surface area contributed by atoms with Gasteiger partial charge in [0.05, 0.1) is 15.7 Å². The lowest BCUT2D eigenvalue weighted by Gasteiger charge is -2.28. The number of amides is 1. The smallest absolute Gasteiger partial charge is 0.223 e. The van der Waals surface area contributed by atoms with Gasteiger partial charge in [-0.05, 0) is 54.7 Å². The summed E-state index contributed by atoms with van der Waals surface area (Å²) in [6.45, 7) is 5.82. The van der Waals surface area contributed by atoms with Gasteiger partial charge in [0.25, 0.3) is 0 Å². The maximum atomic E-state index is 11.2. The van der Waals surface area contributed by atoms with Crippen molar-refractivity contribution in [1.29, 1.82) is 0 Å². The van der Waals surface area contributed by atoms with Gasteiger partial charge in [0, 0.05) is 31.6 Å². The number of nitrogens with zero attached hydrogens (tertiary/aromatic N) is 4. The first kappa shape index (κ1) is 20.2. The van der Waals surface area contributed by atoms with Gasteiger partial charge in [-0.3, -0.25) is 9.69 Å². The number of carbonyl (C=O) groups is 1. The molecule has 6 nitrogen and oxygen atoms in total. The van der Waals surface area contributed by atoms with Gasteiger partial charge >= 0.3 is 0 Å². The summed E-state index contributed by atoms with van der Waals surface area (Å²) < 4.78 is 1.24. The minimum Gasteiger partial charge on any atom is -0.301 e. The van der Waals surface area contributed by atoms with Crippen LogP contribution < -0.4 is 5.32 Å². The summed E-state index contributed by atoms with van der Waals surface area (Å²) in [7, 11) is 0. The third kappa shape index (κ3) is 4.23. The molecule has 1 N–H and O–H groups in total. The molecule has 1 amide bonds. The molecule has 0 bridgehead atoms. The summed E-state index contributed by atoms with van der Waals surface area (Å²) in [4.78, 5) is 18.3. The summed E-state index contributed by atoms with van der Waals surface area (Å²) in [5, 5.41) is 12.4. The van der Waals surface area contributed by atoms with E-state index < -0.39 is 0 Å². The molecular formula is C23H23N5OS2. The summed E-state index contributed by atoms with van der Waals surface area (Å²) in [6.07, 6.45) is 2.04. The van der Waals surface area contributed by atoms with Crippen molar-refractivity contribution in [2.45, 2.75) is 32.7 Å². The lowest BCUT2D eigenvalue weighted by atomic mass is 10.0. The van der Waals surface area contributed by atoms with Crippen molar-refractivity contribution in [3.05, 3.63) is 58.6 Å². The van der Waals surface area contributed by atoms with Gasteiger partial charge in [-0.2, -0.15) is 0 Å². The van der Waals surface area contributed by atoms with E-state index in [9.17, 15) is 4.79 Å². The first-order chi connectivity index (χ1) is 15.1. The quantitative estimate of drug-likeness (QED) is 0.478. The molecule has 1 aliphatic heterocycles. The molecule has 0 spiro atoms. The molecule has 2 aromatic carbocycles. The van der Waals surface area contributed by atoms with Crippen LogP contribution in [0.4, 0.5) is 5.13 Å². The Morgan fingerprint density at radius 2 is 1.94 bits per heavy atom. The predicted octanol–water partition coefficient (Wildman–Crippen LogP) is 4.94. The first-order valence-corrected chi connectivity index (χ1v) is 12.1. The normalized spacial score (nSPS) is 15.4. The van der Waals surface area contributed by atoms with Crippen molar-refractivity contribution in [1.82, 2.24) is 20.1 Å². The van der Waals surface area contributed by atoms with Crippen molar-refractivity contribution in [2.24, 2.45) is 0 Å². The molecule has 1 atom stereocenters. The highest BCUT2D eigenvalue weighted by molar-refractivity contribution is 7.18. The van der Waals surface area contributed by atoms with Crippen LogP contribution in [0.3, 0.4) is 0 Å². The monoisotopic (exact) mass is 449 g/mol. The van der Waals surface area contributed by atoms with Crippen LogP contribution in [0.5, 0.6) is 0 Å².